The minimum Gasteiger partial charge on any atom is -0.465 e. The summed E-state index contributed by atoms with van der Waals surface area (Å²) in [5, 5.41) is 22.9. The molecule has 0 aliphatic carbocycles. The van der Waals surface area contributed by atoms with Crippen LogP contribution in [0.4, 0.5) is 22.2 Å². The number of nitrogens with two attached hydrogens (primary N) is 1. The highest BCUT2D eigenvalue weighted by Gasteiger charge is 2.27. The summed E-state index contributed by atoms with van der Waals surface area (Å²) >= 11 is 0. The first-order valence-electron chi connectivity index (χ1n) is 10.4. The number of aromatic nitrogens is 3. The van der Waals surface area contributed by atoms with Crippen molar-refractivity contribution in [2.75, 3.05) is 50.0 Å². The van der Waals surface area contributed by atoms with Gasteiger partial charge in [0.25, 0.3) is 11.8 Å². The summed E-state index contributed by atoms with van der Waals surface area (Å²) in [6.45, 7) is 2.84. The summed E-state index contributed by atoms with van der Waals surface area (Å²) in [5.74, 6) is -0.648. The maximum absolute atomic E-state index is 12.6. The van der Waals surface area contributed by atoms with Gasteiger partial charge in [0.05, 0.1) is 13.2 Å². The largest absolute Gasteiger partial charge is 0.465 e. The van der Waals surface area contributed by atoms with Crippen molar-refractivity contribution in [2.24, 2.45) is 5.73 Å². The maximum Gasteiger partial charge on any atom is 0.407 e. The number of hydrogen-bond donors (Lipinski definition) is 4. The molecular weight excluding hydrogens is 432 g/mol. The summed E-state index contributed by atoms with van der Waals surface area (Å²) in [7, 11) is 0. The number of nitrogens with zero attached hydrogens (tertiary/aromatic N) is 5. The Morgan fingerprint density at radius 1 is 1.06 bits per heavy atom. The maximum atomic E-state index is 12.6. The second-order valence-corrected chi connectivity index (χ2v) is 7.66. The van der Waals surface area contributed by atoms with Gasteiger partial charge < -0.3 is 36.0 Å². The predicted molar refractivity (Wildman–Crippen MR) is 116 cm³/mol. The van der Waals surface area contributed by atoms with Crippen LogP contribution in [0.3, 0.4) is 0 Å². The van der Waals surface area contributed by atoms with Gasteiger partial charge in [-0.1, -0.05) is 0 Å². The van der Waals surface area contributed by atoms with Gasteiger partial charge in [0, 0.05) is 43.5 Å². The van der Waals surface area contributed by atoms with Crippen molar-refractivity contribution in [3.63, 3.8) is 0 Å². The fraction of sp³-hybridized carbons (Fsp3) is 0.400. The van der Waals surface area contributed by atoms with Gasteiger partial charge in [-0.25, -0.2) is 4.79 Å². The summed E-state index contributed by atoms with van der Waals surface area (Å²) in [5.41, 5.74) is 6.36. The molecule has 0 radical (unpaired) electrons. The van der Waals surface area contributed by atoms with Crippen molar-refractivity contribution >= 4 is 35.4 Å². The van der Waals surface area contributed by atoms with E-state index in [-0.39, 0.29) is 36.0 Å². The van der Waals surface area contributed by atoms with E-state index in [1.54, 1.807) is 29.2 Å². The number of likely N-dealkylation sites (tertiary alicyclic amines) is 1. The summed E-state index contributed by atoms with van der Waals surface area (Å²) in [6, 6.07) is 6.55. The van der Waals surface area contributed by atoms with E-state index in [0.717, 1.165) is 0 Å². The van der Waals surface area contributed by atoms with Crippen LogP contribution >= 0.6 is 0 Å². The third-order valence-electron chi connectivity index (χ3n) is 5.41. The first-order chi connectivity index (χ1) is 15.9. The number of nitrogens with one attached hydrogen (secondary N) is 2. The Bertz CT molecular complexity index is 1040. The number of ether oxygens (including phenoxy) is 1. The average Bonchev–Trinajstić information content (AvgIpc) is 3.28. The predicted octanol–water partition coefficient (Wildman–Crippen LogP) is 0.351. The minimum absolute atomic E-state index is 0.0789. The van der Waals surface area contributed by atoms with Gasteiger partial charge in [0.1, 0.15) is 0 Å². The fourth-order valence-electron chi connectivity index (χ4n) is 3.66. The zero-order valence-corrected chi connectivity index (χ0v) is 17.7. The molecule has 174 valence electrons. The molecule has 3 heterocycles. The van der Waals surface area contributed by atoms with Crippen molar-refractivity contribution in [1.82, 2.24) is 25.0 Å². The average molecular weight is 456 g/mol. The van der Waals surface area contributed by atoms with Crippen molar-refractivity contribution in [3.05, 3.63) is 35.5 Å². The zero-order valence-electron chi connectivity index (χ0n) is 17.7. The van der Waals surface area contributed by atoms with Gasteiger partial charge >= 0.3 is 6.09 Å². The summed E-state index contributed by atoms with van der Waals surface area (Å²) < 4.78 is 5.28. The topological polar surface area (TPSA) is 176 Å². The Hall–Kier alpha value is -4.00. The summed E-state index contributed by atoms with van der Waals surface area (Å²) in [4.78, 5) is 42.8. The number of anilines is 3. The molecule has 5 N–H and O–H groups in total. The Labute approximate surface area is 188 Å². The molecule has 13 heteroatoms. The second kappa shape index (κ2) is 9.65. The molecule has 2 aromatic rings. The normalized spacial score (nSPS) is 18.1. The van der Waals surface area contributed by atoms with Crippen LogP contribution in [0.2, 0.25) is 0 Å². The van der Waals surface area contributed by atoms with Crippen LogP contribution in [0, 0.1) is 0 Å². The lowest BCUT2D eigenvalue weighted by Crippen LogP contribution is -2.40. The molecule has 0 saturated carbocycles. The lowest BCUT2D eigenvalue weighted by atomic mass is 10.1. The number of morpholine rings is 1. The molecule has 0 spiro atoms. The molecule has 2 aliphatic heterocycles. The highest BCUT2D eigenvalue weighted by molar-refractivity contribution is 5.97. The SMILES string of the molecule is NC(=O)c1nnc(N[C@@H]2CCN(C(=O)O)C2)nc1Nc1ccc(C(=O)N2CCOCC2)cc1. The Kier molecular flexibility index (Phi) is 6.49. The van der Waals surface area contributed by atoms with Crippen LogP contribution in [0.15, 0.2) is 24.3 Å². The molecule has 3 amide bonds. The Balaban J connectivity index is 1.47. The molecule has 1 aromatic heterocycles. The van der Waals surface area contributed by atoms with Crippen molar-refractivity contribution < 1.29 is 24.2 Å². The first-order valence-corrected chi connectivity index (χ1v) is 10.4. The van der Waals surface area contributed by atoms with Crippen LogP contribution in [0.1, 0.15) is 27.3 Å². The molecule has 2 fully saturated rings. The molecule has 13 nitrogen and oxygen atoms in total. The van der Waals surface area contributed by atoms with Crippen molar-refractivity contribution in [2.45, 2.75) is 12.5 Å². The van der Waals surface area contributed by atoms with Crippen LogP contribution in [-0.2, 0) is 4.74 Å². The van der Waals surface area contributed by atoms with Gasteiger partial charge in [0.2, 0.25) is 5.95 Å². The molecule has 0 unspecified atom stereocenters. The lowest BCUT2D eigenvalue weighted by molar-refractivity contribution is 0.0303. The molecule has 2 saturated heterocycles. The number of primary amides is 1. The van der Waals surface area contributed by atoms with E-state index in [4.69, 9.17) is 15.6 Å². The van der Waals surface area contributed by atoms with E-state index in [0.29, 0.717) is 50.5 Å². The second-order valence-electron chi connectivity index (χ2n) is 7.66. The molecule has 33 heavy (non-hydrogen) atoms. The van der Waals surface area contributed by atoms with E-state index >= 15 is 0 Å². The van der Waals surface area contributed by atoms with Crippen molar-refractivity contribution in [3.8, 4) is 0 Å². The van der Waals surface area contributed by atoms with Crippen LogP contribution in [0.25, 0.3) is 0 Å². The van der Waals surface area contributed by atoms with Gasteiger partial charge in [-0.2, -0.15) is 4.98 Å². The third kappa shape index (κ3) is 5.26. The van der Waals surface area contributed by atoms with E-state index in [1.165, 1.54) is 4.90 Å². The zero-order chi connectivity index (χ0) is 23.4. The van der Waals surface area contributed by atoms with Crippen LogP contribution in [-0.4, -0.2) is 93.4 Å². The van der Waals surface area contributed by atoms with E-state index in [2.05, 4.69) is 25.8 Å². The number of carbonyl (C=O) groups excluding carboxylic acids is 2. The quantitative estimate of drug-likeness (QED) is 0.474. The highest BCUT2D eigenvalue weighted by atomic mass is 16.5. The van der Waals surface area contributed by atoms with Gasteiger partial charge in [-0.05, 0) is 30.7 Å². The number of hydrogen-bond acceptors (Lipinski definition) is 9. The van der Waals surface area contributed by atoms with Gasteiger partial charge in [0.15, 0.2) is 11.5 Å². The molecule has 1 atom stereocenters. The molecule has 1 aromatic carbocycles. The summed E-state index contributed by atoms with van der Waals surface area (Å²) in [6.07, 6.45) is -0.394. The van der Waals surface area contributed by atoms with Gasteiger partial charge in [-0.3, -0.25) is 9.59 Å². The lowest BCUT2D eigenvalue weighted by Gasteiger charge is -2.26. The first kappa shape index (κ1) is 22.2. The number of amides is 3. The van der Waals surface area contributed by atoms with Crippen LogP contribution < -0.4 is 16.4 Å². The van der Waals surface area contributed by atoms with Crippen LogP contribution in [0.5, 0.6) is 0 Å². The number of carbonyl (C=O) groups is 3. The molecular formula is C20H24N8O5. The van der Waals surface area contributed by atoms with Gasteiger partial charge in [-0.15, -0.1) is 10.2 Å². The van der Waals surface area contributed by atoms with E-state index in [9.17, 15) is 14.4 Å². The van der Waals surface area contributed by atoms with E-state index in [1.807, 2.05) is 0 Å². The fourth-order valence-corrected chi connectivity index (χ4v) is 3.66. The van der Waals surface area contributed by atoms with E-state index < -0.39 is 12.0 Å². The molecule has 0 bridgehead atoms. The highest BCUT2D eigenvalue weighted by Crippen LogP contribution is 2.21. The standard InChI is InChI=1S/C20H24N8O5/c21-16(29)15-17(24-19(26-25-15)23-14-5-6-28(11-14)20(31)32)22-13-3-1-12(2-4-13)18(30)27-7-9-33-10-8-27/h1-4,14H,5-11H2,(H2,21,29)(H,31,32)(H2,22,23,24,26)/t14-/m1/s1. The number of carboxylic acid groups (broad SMARTS) is 1. The minimum atomic E-state index is -0.986. The number of rotatable bonds is 6. The molecule has 2 aliphatic rings. The number of benzene rings is 1. The monoisotopic (exact) mass is 456 g/mol. The Morgan fingerprint density at radius 3 is 2.42 bits per heavy atom. The molecule has 4 rings (SSSR count). The third-order valence-corrected chi connectivity index (χ3v) is 5.41. The Morgan fingerprint density at radius 2 is 1.79 bits per heavy atom. The van der Waals surface area contributed by atoms with Crippen molar-refractivity contribution in [1.29, 1.82) is 0 Å². The smallest absolute Gasteiger partial charge is 0.407 e.